The van der Waals surface area contributed by atoms with Crippen LogP contribution >= 0.6 is 11.8 Å². The number of carboxylic acid groups (broad SMARTS) is 1. The molecule has 12 heteroatoms. The summed E-state index contributed by atoms with van der Waals surface area (Å²) in [5, 5.41) is 30.6. The number of nitrogens with zero attached hydrogens (tertiary/aromatic N) is 5. The molecule has 1 aliphatic rings. The Morgan fingerprint density at radius 3 is 2.31 bits per heavy atom. The van der Waals surface area contributed by atoms with E-state index in [4.69, 9.17) is 9.47 Å². The molecule has 1 N–H and O–H groups in total. The van der Waals surface area contributed by atoms with Crippen molar-refractivity contribution in [2.45, 2.75) is 44.3 Å². The first-order valence-electron chi connectivity index (χ1n) is 12.7. The highest BCUT2D eigenvalue weighted by Gasteiger charge is 2.22. The second-order valence-electron chi connectivity index (χ2n) is 8.97. The number of nitro groups is 1. The molecule has 0 unspecified atom stereocenters. The van der Waals surface area contributed by atoms with E-state index in [1.54, 1.807) is 43.1 Å². The molecule has 4 rings (SSSR count). The van der Waals surface area contributed by atoms with Gasteiger partial charge in [0.2, 0.25) is 0 Å². The van der Waals surface area contributed by atoms with Crippen molar-refractivity contribution in [3.8, 4) is 22.9 Å². The third-order valence-electron chi connectivity index (χ3n) is 6.51. The number of nitro benzene ring substituents is 1. The number of aliphatic carboxylic acids is 1. The van der Waals surface area contributed by atoms with Gasteiger partial charge in [0.1, 0.15) is 16.4 Å². The van der Waals surface area contributed by atoms with Crippen molar-refractivity contribution in [2.24, 2.45) is 0 Å². The van der Waals surface area contributed by atoms with E-state index in [1.807, 2.05) is 6.92 Å². The zero-order valence-electron chi connectivity index (χ0n) is 22.1. The van der Waals surface area contributed by atoms with Gasteiger partial charge in [0.25, 0.3) is 5.69 Å². The molecule has 0 spiro atoms. The lowest BCUT2D eigenvalue weighted by Crippen LogP contribution is -2.24. The summed E-state index contributed by atoms with van der Waals surface area (Å²) < 4.78 is 12.6. The minimum Gasteiger partial charge on any atom is -0.497 e. The van der Waals surface area contributed by atoms with Crippen LogP contribution in [0.5, 0.6) is 11.5 Å². The molecule has 0 saturated carbocycles. The molecule has 0 aliphatic carbocycles. The van der Waals surface area contributed by atoms with Gasteiger partial charge in [-0.1, -0.05) is 12.8 Å². The van der Waals surface area contributed by atoms with Crippen molar-refractivity contribution in [1.29, 1.82) is 0 Å². The molecule has 3 aromatic rings. The number of ether oxygens (including phenoxy) is 2. The average molecular weight is 554 g/mol. The highest BCUT2D eigenvalue weighted by Crippen LogP contribution is 2.36. The van der Waals surface area contributed by atoms with Crippen LogP contribution in [-0.4, -0.2) is 58.1 Å². The van der Waals surface area contributed by atoms with Crippen LogP contribution < -0.4 is 14.4 Å². The number of methoxy groups -OCH3 is 2. The minimum atomic E-state index is -1.16. The van der Waals surface area contributed by atoms with E-state index in [0.29, 0.717) is 40.2 Å². The monoisotopic (exact) mass is 553 g/mol. The fourth-order valence-electron chi connectivity index (χ4n) is 4.54. The van der Waals surface area contributed by atoms with E-state index in [9.17, 15) is 20.0 Å². The molecule has 0 bridgehead atoms. The summed E-state index contributed by atoms with van der Waals surface area (Å²) in [6, 6.07) is 9.96. The SMILES string of the molecule is CCn1c(S/C(=C/c2cc([N+](=O)[O-])ccc2N2CCCCCC2)C(=O)O)nnc1-c1cc(OC)cc(OC)c1. The summed E-state index contributed by atoms with van der Waals surface area (Å²) in [4.78, 5) is 25.6. The van der Waals surface area contributed by atoms with E-state index < -0.39 is 10.9 Å². The van der Waals surface area contributed by atoms with Crippen molar-refractivity contribution in [2.75, 3.05) is 32.2 Å². The Morgan fingerprint density at radius 1 is 1.08 bits per heavy atom. The number of thioether (sulfide) groups is 1. The van der Waals surface area contributed by atoms with Crippen molar-refractivity contribution < 1.29 is 24.3 Å². The molecule has 1 aromatic heterocycles. The molecule has 1 aliphatic heterocycles. The van der Waals surface area contributed by atoms with E-state index >= 15 is 0 Å². The van der Waals surface area contributed by atoms with Gasteiger partial charge in [-0.2, -0.15) is 0 Å². The van der Waals surface area contributed by atoms with E-state index in [0.717, 1.165) is 56.2 Å². The molecule has 0 radical (unpaired) electrons. The summed E-state index contributed by atoms with van der Waals surface area (Å²) in [5.74, 6) is 0.537. The van der Waals surface area contributed by atoms with Gasteiger partial charge in [-0.3, -0.25) is 10.1 Å². The van der Waals surface area contributed by atoms with Gasteiger partial charge in [0, 0.05) is 54.6 Å². The Labute approximate surface area is 230 Å². The molecule has 11 nitrogen and oxygen atoms in total. The lowest BCUT2D eigenvalue weighted by atomic mass is 10.1. The first-order valence-corrected chi connectivity index (χ1v) is 13.5. The van der Waals surface area contributed by atoms with E-state index in [2.05, 4.69) is 15.1 Å². The van der Waals surface area contributed by atoms with Gasteiger partial charge in [0.15, 0.2) is 11.0 Å². The zero-order valence-corrected chi connectivity index (χ0v) is 22.9. The first kappa shape index (κ1) is 28.0. The molecule has 0 atom stereocenters. The molecule has 2 aromatic carbocycles. The van der Waals surface area contributed by atoms with E-state index in [1.165, 1.54) is 18.2 Å². The molecule has 0 amide bonds. The van der Waals surface area contributed by atoms with Gasteiger partial charge >= 0.3 is 5.97 Å². The summed E-state index contributed by atoms with van der Waals surface area (Å²) in [6.07, 6.45) is 5.76. The molecule has 1 fully saturated rings. The van der Waals surface area contributed by atoms with Crippen molar-refractivity contribution in [3.63, 3.8) is 0 Å². The number of hydrogen-bond acceptors (Lipinski definition) is 9. The van der Waals surface area contributed by atoms with Gasteiger partial charge < -0.3 is 24.0 Å². The molecule has 1 saturated heterocycles. The van der Waals surface area contributed by atoms with Gasteiger partial charge in [-0.05, 0) is 55.8 Å². The summed E-state index contributed by atoms with van der Waals surface area (Å²) >= 11 is 0.952. The smallest absolute Gasteiger partial charge is 0.342 e. The Hall–Kier alpha value is -4.06. The number of carboxylic acids is 1. The molecular formula is C27H31N5O6S. The zero-order chi connectivity index (χ0) is 27.9. The van der Waals surface area contributed by atoms with Crippen LogP contribution in [-0.2, 0) is 11.3 Å². The lowest BCUT2D eigenvalue weighted by Gasteiger charge is -2.24. The predicted octanol–water partition coefficient (Wildman–Crippen LogP) is 5.49. The summed E-state index contributed by atoms with van der Waals surface area (Å²) in [7, 11) is 3.12. The maximum Gasteiger partial charge on any atom is 0.342 e. The van der Waals surface area contributed by atoms with Crippen LogP contribution in [0, 0.1) is 10.1 Å². The van der Waals surface area contributed by atoms with Gasteiger partial charge in [0.05, 0.1) is 19.1 Å². The summed E-state index contributed by atoms with van der Waals surface area (Å²) in [6.45, 7) is 4.01. The topological polar surface area (TPSA) is 133 Å². The molecular weight excluding hydrogens is 522 g/mol. The lowest BCUT2D eigenvalue weighted by molar-refractivity contribution is -0.384. The standard InChI is InChI=1S/C27H31N5O6S/c1-4-31-25(19-14-21(37-2)17-22(15-19)38-3)28-29-27(31)39-24(26(33)34)16-18-13-20(32(35)36)9-10-23(18)30-11-7-5-6-8-12-30/h9-10,13-17H,4-8,11-12H2,1-3H3,(H,33,34)/b24-16+. The number of aromatic nitrogens is 3. The third-order valence-corrected chi connectivity index (χ3v) is 7.51. The maximum atomic E-state index is 12.4. The maximum absolute atomic E-state index is 12.4. The number of benzene rings is 2. The number of hydrogen-bond donors (Lipinski definition) is 1. The Morgan fingerprint density at radius 2 is 1.74 bits per heavy atom. The van der Waals surface area contributed by atoms with Crippen molar-refractivity contribution in [3.05, 3.63) is 57.0 Å². The quantitative estimate of drug-likeness (QED) is 0.149. The van der Waals surface area contributed by atoms with Crippen LogP contribution in [0.4, 0.5) is 11.4 Å². The molecule has 206 valence electrons. The fourth-order valence-corrected chi connectivity index (χ4v) is 5.42. The van der Waals surface area contributed by atoms with Gasteiger partial charge in [-0.25, -0.2) is 4.79 Å². The average Bonchev–Trinajstić information content (AvgIpc) is 3.15. The minimum absolute atomic E-state index is 0.0246. The van der Waals surface area contributed by atoms with Crippen LogP contribution in [0.2, 0.25) is 0 Å². The van der Waals surface area contributed by atoms with Crippen LogP contribution in [0.3, 0.4) is 0 Å². The summed E-state index contributed by atoms with van der Waals surface area (Å²) in [5.41, 5.74) is 1.87. The van der Waals surface area contributed by atoms with Crippen molar-refractivity contribution in [1.82, 2.24) is 14.8 Å². The van der Waals surface area contributed by atoms with Crippen LogP contribution in [0.15, 0.2) is 46.5 Å². The Kier molecular flexibility index (Phi) is 9.07. The highest BCUT2D eigenvalue weighted by molar-refractivity contribution is 8.04. The number of carbonyl (C=O) groups is 1. The van der Waals surface area contributed by atoms with Crippen molar-refractivity contribution >= 4 is 35.2 Å². The van der Waals surface area contributed by atoms with Crippen LogP contribution in [0.1, 0.15) is 38.2 Å². The molecule has 39 heavy (non-hydrogen) atoms. The van der Waals surface area contributed by atoms with Gasteiger partial charge in [-0.15, -0.1) is 10.2 Å². The Bertz CT molecular complexity index is 1360. The number of anilines is 1. The number of non-ortho nitro benzene ring substituents is 1. The predicted molar refractivity (Wildman–Crippen MR) is 149 cm³/mol. The van der Waals surface area contributed by atoms with E-state index in [-0.39, 0.29) is 10.6 Å². The highest BCUT2D eigenvalue weighted by atomic mass is 32.2. The van der Waals surface area contributed by atoms with Crippen LogP contribution in [0.25, 0.3) is 17.5 Å². The normalized spacial score (nSPS) is 14.1. The molecule has 2 heterocycles. The fraction of sp³-hybridized carbons (Fsp3) is 0.370. The third kappa shape index (κ3) is 6.51. The largest absolute Gasteiger partial charge is 0.497 e. The number of rotatable bonds is 10. The second kappa shape index (κ2) is 12.7. The second-order valence-corrected chi connectivity index (χ2v) is 9.98. The first-order chi connectivity index (χ1) is 18.8. The Balaban J connectivity index is 1.75.